The lowest BCUT2D eigenvalue weighted by molar-refractivity contribution is 0.321. The summed E-state index contributed by atoms with van der Waals surface area (Å²) in [6, 6.07) is 8.47. The number of thiazole rings is 1. The topological polar surface area (TPSA) is 53.9 Å². The molecule has 1 N–H and O–H groups in total. The van der Waals surface area contributed by atoms with E-state index in [-0.39, 0.29) is 0 Å². The molecule has 0 unspecified atom stereocenters. The Morgan fingerprint density at radius 1 is 1.19 bits per heavy atom. The Bertz CT molecular complexity index is 1140. The maximum absolute atomic E-state index is 4.50. The molecule has 1 aliphatic heterocycles. The lowest BCUT2D eigenvalue weighted by Crippen LogP contribution is -2.28. The number of nitrogens with zero attached hydrogens (tertiary/aromatic N) is 4. The lowest BCUT2D eigenvalue weighted by atomic mass is 10.1. The molecule has 4 aromatic rings. The van der Waals surface area contributed by atoms with Gasteiger partial charge in [-0.3, -0.25) is 4.90 Å². The van der Waals surface area contributed by atoms with Gasteiger partial charge in [-0.05, 0) is 42.8 Å². The van der Waals surface area contributed by atoms with Gasteiger partial charge in [0, 0.05) is 23.7 Å². The Kier molecular flexibility index (Phi) is 4.35. The molecule has 0 atom stereocenters. The largest absolute Gasteiger partial charge is 0.340 e. The fourth-order valence-electron chi connectivity index (χ4n) is 3.44. The Morgan fingerprint density at radius 2 is 2.15 bits per heavy atom. The van der Waals surface area contributed by atoms with Gasteiger partial charge in [0.25, 0.3) is 0 Å². The first-order valence-corrected chi connectivity index (χ1v) is 10.8. The van der Waals surface area contributed by atoms with Crippen molar-refractivity contribution < 1.29 is 0 Å². The summed E-state index contributed by atoms with van der Waals surface area (Å²) >= 11 is 3.40. The normalized spacial score (nSPS) is 15.4. The van der Waals surface area contributed by atoms with E-state index in [1.165, 1.54) is 15.2 Å². The molecule has 5 nitrogen and oxygen atoms in total. The number of benzene rings is 1. The van der Waals surface area contributed by atoms with E-state index >= 15 is 0 Å². The van der Waals surface area contributed by atoms with Gasteiger partial charge < -0.3 is 5.32 Å². The molecule has 5 rings (SSSR count). The Hall–Kier alpha value is -2.35. The van der Waals surface area contributed by atoms with Crippen LogP contribution < -0.4 is 5.32 Å². The Labute approximate surface area is 165 Å². The Morgan fingerprint density at radius 3 is 3.07 bits per heavy atom. The van der Waals surface area contributed by atoms with Crippen LogP contribution in [0.25, 0.3) is 26.0 Å². The molecule has 136 valence electrons. The summed E-state index contributed by atoms with van der Waals surface area (Å²) in [5, 5.41) is 4.53. The summed E-state index contributed by atoms with van der Waals surface area (Å²) in [6.07, 6.45) is 5.12. The van der Waals surface area contributed by atoms with Gasteiger partial charge in [0.15, 0.2) is 0 Å². The van der Waals surface area contributed by atoms with Crippen LogP contribution in [-0.2, 0) is 0 Å². The van der Waals surface area contributed by atoms with Crippen LogP contribution in [-0.4, -0.2) is 39.5 Å². The van der Waals surface area contributed by atoms with E-state index in [9.17, 15) is 0 Å². The van der Waals surface area contributed by atoms with Crippen molar-refractivity contribution in [3.63, 3.8) is 0 Å². The number of nitrogens with one attached hydrogen (secondary N) is 1. The molecular weight excluding hydrogens is 374 g/mol. The van der Waals surface area contributed by atoms with Gasteiger partial charge >= 0.3 is 0 Å². The molecule has 0 radical (unpaired) electrons. The van der Waals surface area contributed by atoms with Crippen molar-refractivity contribution in [3.05, 3.63) is 47.1 Å². The van der Waals surface area contributed by atoms with Crippen molar-refractivity contribution in [3.8, 4) is 0 Å². The number of fused-ring (bicyclic) bond motifs is 2. The summed E-state index contributed by atoms with van der Waals surface area (Å²) < 4.78 is 1.19. The van der Waals surface area contributed by atoms with Crippen LogP contribution >= 0.6 is 22.7 Å². The smallest absolute Gasteiger partial charge is 0.142 e. The van der Waals surface area contributed by atoms with Crippen molar-refractivity contribution in [2.75, 3.05) is 25.0 Å². The molecule has 0 amide bonds. The molecule has 0 bridgehead atoms. The van der Waals surface area contributed by atoms with Crippen LogP contribution in [0.1, 0.15) is 18.2 Å². The highest BCUT2D eigenvalue weighted by molar-refractivity contribution is 7.19. The average Bonchev–Trinajstić information content (AvgIpc) is 3.35. The second-order valence-corrected chi connectivity index (χ2v) is 8.52. The molecule has 0 aliphatic carbocycles. The lowest BCUT2D eigenvalue weighted by Gasteiger charge is -2.25. The fourth-order valence-corrected chi connectivity index (χ4v) is 5.13. The van der Waals surface area contributed by atoms with Gasteiger partial charge in [0.2, 0.25) is 0 Å². The van der Waals surface area contributed by atoms with Crippen LogP contribution in [0, 0.1) is 0 Å². The standard InChI is InChI=1S/C20H19N5S2/c1-2-25-7-3-4-13(10-25)18-9-15-19(21-11-22-20(15)27-18)24-14-5-6-17-16(8-14)23-12-26-17/h4-6,8-9,11-12H,2-3,7,10H2,1H3,(H,21,22,24). The van der Waals surface area contributed by atoms with E-state index in [0.29, 0.717) is 0 Å². The SMILES string of the molecule is CCN1CCC=C(c2cc3c(Nc4ccc5scnc5c4)ncnc3s2)C1. The number of hydrogen-bond acceptors (Lipinski definition) is 7. The van der Waals surface area contributed by atoms with Crippen molar-refractivity contribution >= 4 is 60.2 Å². The van der Waals surface area contributed by atoms with E-state index in [0.717, 1.165) is 53.3 Å². The number of rotatable bonds is 4. The first-order chi connectivity index (χ1) is 13.3. The van der Waals surface area contributed by atoms with E-state index in [1.54, 1.807) is 29.0 Å². The second kappa shape index (κ2) is 6.99. The van der Waals surface area contributed by atoms with Crippen LogP contribution in [0.15, 0.2) is 42.2 Å². The zero-order valence-electron chi connectivity index (χ0n) is 15.0. The third kappa shape index (κ3) is 3.22. The van der Waals surface area contributed by atoms with E-state index in [2.05, 4.69) is 62.4 Å². The van der Waals surface area contributed by atoms with Crippen molar-refractivity contribution in [2.45, 2.75) is 13.3 Å². The number of thiophene rings is 1. The van der Waals surface area contributed by atoms with Crippen molar-refractivity contribution in [1.29, 1.82) is 0 Å². The molecule has 0 spiro atoms. The molecule has 4 heterocycles. The van der Waals surface area contributed by atoms with Crippen LogP contribution in [0.2, 0.25) is 0 Å². The van der Waals surface area contributed by atoms with Crippen LogP contribution in [0.3, 0.4) is 0 Å². The first kappa shape index (κ1) is 16.8. The predicted octanol–water partition coefficient (Wildman–Crippen LogP) is 5.15. The minimum absolute atomic E-state index is 0.848. The minimum atomic E-state index is 0.848. The average molecular weight is 394 g/mol. The molecule has 7 heteroatoms. The molecule has 0 fully saturated rings. The highest BCUT2D eigenvalue weighted by Gasteiger charge is 2.16. The highest BCUT2D eigenvalue weighted by Crippen LogP contribution is 2.35. The number of hydrogen-bond donors (Lipinski definition) is 1. The first-order valence-electron chi connectivity index (χ1n) is 9.07. The van der Waals surface area contributed by atoms with Crippen molar-refractivity contribution in [2.24, 2.45) is 0 Å². The number of anilines is 2. The van der Waals surface area contributed by atoms with E-state index < -0.39 is 0 Å². The Balaban J connectivity index is 1.49. The van der Waals surface area contributed by atoms with E-state index in [4.69, 9.17) is 0 Å². The summed E-state index contributed by atoms with van der Waals surface area (Å²) in [7, 11) is 0. The monoisotopic (exact) mass is 393 g/mol. The number of likely N-dealkylation sites (N-methyl/N-ethyl adjacent to an activating group) is 1. The highest BCUT2D eigenvalue weighted by atomic mass is 32.1. The van der Waals surface area contributed by atoms with Crippen molar-refractivity contribution in [1.82, 2.24) is 19.9 Å². The molecule has 0 saturated heterocycles. The quantitative estimate of drug-likeness (QED) is 0.519. The summed E-state index contributed by atoms with van der Waals surface area (Å²) in [5.41, 5.74) is 5.28. The molecule has 1 aromatic carbocycles. The third-order valence-corrected chi connectivity index (χ3v) is 6.84. The maximum Gasteiger partial charge on any atom is 0.142 e. The fraction of sp³-hybridized carbons (Fsp3) is 0.250. The minimum Gasteiger partial charge on any atom is -0.340 e. The predicted molar refractivity (Wildman–Crippen MR) is 115 cm³/mol. The van der Waals surface area contributed by atoms with Gasteiger partial charge in [0.1, 0.15) is 17.0 Å². The van der Waals surface area contributed by atoms with Gasteiger partial charge in [-0.15, -0.1) is 22.7 Å². The van der Waals surface area contributed by atoms with Gasteiger partial charge in [-0.25, -0.2) is 15.0 Å². The number of aromatic nitrogens is 3. The second-order valence-electron chi connectivity index (χ2n) is 6.60. The van der Waals surface area contributed by atoms with E-state index in [1.807, 2.05) is 5.51 Å². The summed E-state index contributed by atoms with van der Waals surface area (Å²) in [4.78, 5) is 18.2. The van der Waals surface area contributed by atoms with Crippen LogP contribution in [0.4, 0.5) is 11.5 Å². The summed E-state index contributed by atoms with van der Waals surface area (Å²) in [5.74, 6) is 0.848. The zero-order chi connectivity index (χ0) is 18.2. The molecule has 0 saturated carbocycles. The molecular formula is C20H19N5S2. The molecule has 1 aliphatic rings. The van der Waals surface area contributed by atoms with Crippen LogP contribution in [0.5, 0.6) is 0 Å². The molecule has 3 aromatic heterocycles. The van der Waals surface area contributed by atoms with Gasteiger partial charge in [-0.1, -0.05) is 13.0 Å². The molecule has 27 heavy (non-hydrogen) atoms. The third-order valence-electron chi connectivity index (χ3n) is 4.92. The van der Waals surface area contributed by atoms with Gasteiger partial charge in [0.05, 0.1) is 21.1 Å². The summed E-state index contributed by atoms with van der Waals surface area (Å²) in [6.45, 7) is 5.48. The van der Waals surface area contributed by atoms with Gasteiger partial charge in [-0.2, -0.15) is 0 Å². The maximum atomic E-state index is 4.50. The zero-order valence-corrected chi connectivity index (χ0v) is 16.6.